The first-order valence-electron chi connectivity index (χ1n) is 18.0. The van der Waals surface area contributed by atoms with Gasteiger partial charge in [0.15, 0.2) is 0 Å². The van der Waals surface area contributed by atoms with E-state index in [2.05, 4.69) is 38.0 Å². The van der Waals surface area contributed by atoms with Gasteiger partial charge in [0, 0.05) is 70.7 Å². The van der Waals surface area contributed by atoms with E-state index < -0.39 is 12.3 Å². The van der Waals surface area contributed by atoms with Gasteiger partial charge in [-0.1, -0.05) is 6.42 Å². The molecule has 2 saturated carbocycles. The second-order valence-electron chi connectivity index (χ2n) is 14.9. The van der Waals surface area contributed by atoms with Crippen LogP contribution in [0.15, 0.2) is 0 Å². The van der Waals surface area contributed by atoms with E-state index in [-0.39, 0.29) is 60.8 Å². The summed E-state index contributed by atoms with van der Waals surface area (Å²) in [4.78, 5) is 31.8. The van der Waals surface area contributed by atoms with Crippen molar-refractivity contribution < 1.29 is 28.6 Å². The van der Waals surface area contributed by atoms with Crippen molar-refractivity contribution in [3.05, 3.63) is 0 Å². The van der Waals surface area contributed by atoms with Crippen LogP contribution >= 0.6 is 0 Å². The Kier molecular flexibility index (Phi) is 11.9. The van der Waals surface area contributed by atoms with Gasteiger partial charge in [0.05, 0.1) is 44.0 Å². The fourth-order valence-electron chi connectivity index (χ4n) is 8.47. The Hall–Kier alpha value is -1.45. The Morgan fingerprint density at radius 3 is 2.57 bits per heavy atom. The molecule has 13 heteroatoms. The van der Waals surface area contributed by atoms with E-state index in [0.29, 0.717) is 57.8 Å². The predicted molar refractivity (Wildman–Crippen MR) is 171 cm³/mol. The van der Waals surface area contributed by atoms with Crippen LogP contribution in [0.3, 0.4) is 0 Å². The van der Waals surface area contributed by atoms with Crippen LogP contribution in [0, 0.1) is 17.8 Å². The first-order chi connectivity index (χ1) is 22.2. The van der Waals surface area contributed by atoms with Crippen molar-refractivity contribution >= 4 is 11.8 Å². The number of nitrogens with one attached hydrogen (secondary N) is 4. The van der Waals surface area contributed by atoms with Gasteiger partial charge in [0.1, 0.15) is 6.17 Å². The molecular formula is C33H58FN7O5. The van der Waals surface area contributed by atoms with Crippen LogP contribution in [0.25, 0.3) is 0 Å². The lowest BCUT2D eigenvalue weighted by atomic mass is 9.73. The van der Waals surface area contributed by atoms with E-state index in [1.807, 2.05) is 4.90 Å². The van der Waals surface area contributed by atoms with Crippen LogP contribution in [0.1, 0.15) is 65.2 Å². The maximum absolute atomic E-state index is 15.2. The van der Waals surface area contributed by atoms with Gasteiger partial charge >= 0.3 is 0 Å². The molecule has 4 heterocycles. The lowest BCUT2D eigenvalue weighted by molar-refractivity contribution is -0.131. The number of aliphatic hydroxyl groups is 1. The van der Waals surface area contributed by atoms with E-state index in [0.717, 1.165) is 45.4 Å². The Balaban J connectivity index is 0.936. The number of hydrogen-bond donors (Lipinski definition) is 5. The van der Waals surface area contributed by atoms with Gasteiger partial charge in [0.25, 0.3) is 0 Å². The molecule has 2 amide bonds. The molecule has 4 aliphatic heterocycles. The molecular weight excluding hydrogens is 593 g/mol. The van der Waals surface area contributed by atoms with Gasteiger partial charge in [-0.15, -0.1) is 0 Å². The van der Waals surface area contributed by atoms with Crippen molar-refractivity contribution in [2.24, 2.45) is 17.8 Å². The van der Waals surface area contributed by atoms with Crippen LogP contribution in [-0.2, 0) is 19.1 Å². The highest BCUT2D eigenvalue weighted by molar-refractivity contribution is 5.79. The summed E-state index contributed by atoms with van der Waals surface area (Å²) in [6.07, 6.45) is 5.32. The highest BCUT2D eigenvalue weighted by atomic mass is 19.1. The average Bonchev–Trinajstić information content (AvgIpc) is 3.44. The van der Waals surface area contributed by atoms with Crippen LogP contribution in [0.4, 0.5) is 4.39 Å². The Morgan fingerprint density at radius 2 is 1.87 bits per heavy atom. The van der Waals surface area contributed by atoms with Crippen molar-refractivity contribution in [1.29, 1.82) is 0 Å². The number of β-amino-alcohol motifs (C(OH)–C–C–N with tert-alkyl or cyclic N) is 1. The smallest absolute Gasteiger partial charge is 0.223 e. The molecule has 2 aliphatic carbocycles. The Labute approximate surface area is 273 Å². The second kappa shape index (κ2) is 15.8. The molecule has 6 rings (SSSR count). The van der Waals surface area contributed by atoms with Crippen molar-refractivity contribution in [1.82, 2.24) is 36.0 Å². The quantitative estimate of drug-likeness (QED) is 0.212. The molecule has 0 radical (unpaired) electrons. The summed E-state index contributed by atoms with van der Waals surface area (Å²) in [6.45, 7) is 9.98. The number of fused-ring (bicyclic) bond motifs is 1. The van der Waals surface area contributed by atoms with E-state index in [4.69, 9.17) is 9.47 Å². The maximum atomic E-state index is 15.2. The number of piperazine rings is 1. The third-order valence-electron chi connectivity index (χ3n) is 11.7. The monoisotopic (exact) mass is 651 g/mol. The number of nitrogens with zero attached hydrogens (tertiary/aromatic N) is 3. The lowest BCUT2D eigenvalue weighted by Crippen LogP contribution is -2.64. The molecule has 9 unspecified atom stereocenters. The summed E-state index contributed by atoms with van der Waals surface area (Å²) in [5.41, 5.74) is 0. The Morgan fingerprint density at radius 1 is 1.07 bits per heavy atom. The average molecular weight is 652 g/mol. The van der Waals surface area contributed by atoms with Crippen molar-refractivity contribution in [2.45, 2.75) is 114 Å². The number of halogens is 1. The molecule has 12 nitrogen and oxygen atoms in total. The predicted octanol–water partition coefficient (Wildman–Crippen LogP) is 0.211. The minimum absolute atomic E-state index is 0.00110. The number of amides is 2. The summed E-state index contributed by atoms with van der Waals surface area (Å²) < 4.78 is 26.8. The van der Waals surface area contributed by atoms with Gasteiger partial charge < -0.3 is 29.7 Å². The number of rotatable bonds is 11. The summed E-state index contributed by atoms with van der Waals surface area (Å²) in [5, 5.41) is 24.7. The number of likely N-dealkylation sites (tertiary alicyclic amines) is 1. The van der Waals surface area contributed by atoms with E-state index in [1.54, 1.807) is 6.92 Å². The van der Waals surface area contributed by atoms with Crippen molar-refractivity contribution in [3.8, 4) is 0 Å². The molecule has 6 fully saturated rings. The highest BCUT2D eigenvalue weighted by Crippen LogP contribution is 2.39. The first-order valence-corrected chi connectivity index (χ1v) is 18.0. The lowest BCUT2D eigenvalue weighted by Gasteiger charge is -2.46. The largest absolute Gasteiger partial charge is 0.390 e. The van der Waals surface area contributed by atoms with Crippen molar-refractivity contribution in [2.75, 3.05) is 65.7 Å². The topological polar surface area (TPSA) is 131 Å². The van der Waals surface area contributed by atoms with Crippen LogP contribution in [-0.4, -0.2) is 146 Å². The number of aliphatic hydroxyl groups excluding tert-OH is 1. The molecule has 0 spiro atoms. The minimum Gasteiger partial charge on any atom is -0.390 e. The third-order valence-corrected chi connectivity index (χ3v) is 11.7. The van der Waals surface area contributed by atoms with Crippen LogP contribution in [0.5, 0.6) is 0 Å². The van der Waals surface area contributed by atoms with Gasteiger partial charge in [-0.05, 0) is 70.3 Å². The first kappa shape index (κ1) is 34.4. The number of carbonyl (C=O) groups excluding carboxylic acids is 2. The number of carbonyl (C=O) groups is 2. The van der Waals surface area contributed by atoms with Gasteiger partial charge in [-0.25, -0.2) is 4.39 Å². The summed E-state index contributed by atoms with van der Waals surface area (Å²) in [7, 11) is 0. The molecule has 46 heavy (non-hydrogen) atoms. The number of ether oxygens (including phenoxy) is 2. The molecule has 0 aromatic heterocycles. The number of alkyl halides is 1. The Bertz CT molecular complexity index is 1020. The van der Waals surface area contributed by atoms with Gasteiger partial charge in [-0.3, -0.25) is 30.4 Å². The normalized spacial score (nSPS) is 38.6. The van der Waals surface area contributed by atoms with Crippen LogP contribution < -0.4 is 21.3 Å². The zero-order valence-electron chi connectivity index (χ0n) is 27.9. The SMILES string of the molecule is CC(=O)N1CCN(C2CC(C(=O)NC[C@H](O)CN3CCC4CC(OCC5OCNC5C)C(F)CC4C3)CC(NC3CCC3)N2)CC1. The highest BCUT2D eigenvalue weighted by Gasteiger charge is 2.42. The zero-order chi connectivity index (χ0) is 32.2. The van der Waals surface area contributed by atoms with Gasteiger partial charge in [-0.2, -0.15) is 0 Å². The van der Waals surface area contributed by atoms with Crippen LogP contribution in [0.2, 0.25) is 0 Å². The molecule has 10 atom stereocenters. The number of hydrogen-bond acceptors (Lipinski definition) is 10. The summed E-state index contributed by atoms with van der Waals surface area (Å²) >= 11 is 0. The fourth-order valence-corrected chi connectivity index (χ4v) is 8.47. The molecule has 0 bridgehead atoms. The molecule has 0 aromatic rings. The zero-order valence-corrected chi connectivity index (χ0v) is 27.9. The minimum atomic E-state index is -0.982. The second-order valence-corrected chi connectivity index (χ2v) is 14.9. The summed E-state index contributed by atoms with van der Waals surface area (Å²) in [5.74, 6) is 0.654. The molecule has 5 N–H and O–H groups in total. The number of piperidine rings is 2. The molecule has 6 aliphatic rings. The van der Waals surface area contributed by atoms with E-state index in [1.165, 1.54) is 19.3 Å². The fraction of sp³-hybridized carbons (Fsp3) is 0.939. The third kappa shape index (κ3) is 8.76. The molecule has 4 saturated heterocycles. The standard InChI is InChI=1S/C33H58FN7O5/c1-21-30(46-20-36-21)19-45-29-13-23-6-7-39(17-25(23)12-28(29)34)18-27(43)16-35-33(44)24-14-31(37-26-4-3-5-26)38-32(15-24)41-10-8-40(9-11-41)22(2)42/h21,23-32,36-38,43H,3-20H2,1-2H3,(H,35,44)/t21?,23?,24?,25?,27-,28?,29?,30?,31?,32?/m0/s1. The maximum Gasteiger partial charge on any atom is 0.223 e. The molecule has 0 aromatic carbocycles. The summed E-state index contributed by atoms with van der Waals surface area (Å²) in [6, 6.07) is 0.723. The molecule has 262 valence electrons. The van der Waals surface area contributed by atoms with E-state index in [9.17, 15) is 14.7 Å². The van der Waals surface area contributed by atoms with E-state index >= 15 is 4.39 Å². The van der Waals surface area contributed by atoms with Gasteiger partial charge in [0.2, 0.25) is 11.8 Å². The van der Waals surface area contributed by atoms with Crippen molar-refractivity contribution in [3.63, 3.8) is 0 Å².